The molecule has 3 rings (SSSR count). The summed E-state index contributed by atoms with van der Waals surface area (Å²) < 4.78 is 1.98. The van der Waals surface area contributed by atoms with Gasteiger partial charge >= 0.3 is 0 Å². The number of rotatable bonds is 3. The second kappa shape index (κ2) is 5.05. The average Bonchev–Trinajstić information content (AvgIpc) is 2.82. The highest BCUT2D eigenvalue weighted by molar-refractivity contribution is 5.86. The van der Waals surface area contributed by atoms with Gasteiger partial charge in [0, 0.05) is 13.2 Å². The van der Waals surface area contributed by atoms with Gasteiger partial charge in [0.1, 0.15) is 5.52 Å². The zero-order valence-corrected chi connectivity index (χ0v) is 12.1. The Morgan fingerprint density at radius 3 is 3.10 bits per heavy atom. The maximum Gasteiger partial charge on any atom is 0.154 e. The zero-order valence-electron chi connectivity index (χ0n) is 12.1. The number of aromatic nitrogens is 3. The van der Waals surface area contributed by atoms with Crippen molar-refractivity contribution in [1.82, 2.24) is 14.5 Å². The highest BCUT2D eigenvalue weighted by Gasteiger charge is 2.35. The molecule has 0 spiro atoms. The van der Waals surface area contributed by atoms with Crippen molar-refractivity contribution in [3.05, 3.63) is 18.6 Å². The van der Waals surface area contributed by atoms with E-state index >= 15 is 0 Å². The number of fused-ring (bicyclic) bond motifs is 1. The van der Waals surface area contributed by atoms with Crippen molar-refractivity contribution in [3.63, 3.8) is 0 Å². The number of aryl methyl sites for hydroxylation is 1. The summed E-state index contributed by atoms with van der Waals surface area (Å²) in [6.45, 7) is 2.39. The van der Waals surface area contributed by atoms with Gasteiger partial charge in [0.2, 0.25) is 0 Å². The summed E-state index contributed by atoms with van der Waals surface area (Å²) in [6, 6.07) is 1.96. The van der Waals surface area contributed by atoms with E-state index in [0.29, 0.717) is 5.92 Å². The molecule has 0 amide bonds. The van der Waals surface area contributed by atoms with Crippen LogP contribution in [0.5, 0.6) is 0 Å². The number of anilines is 1. The normalized spacial score (nSPS) is 26.9. The van der Waals surface area contributed by atoms with Crippen molar-refractivity contribution in [1.29, 1.82) is 0 Å². The standard InChI is InChI=1S/C15H22N4O/c1-11-4-3-6-15(8-11,9-20)18-14-13-12(5-7-16-14)19(2)10-17-13/h5,7,10-11,20H,3-4,6,8-9H2,1-2H3,(H,16,18). The maximum atomic E-state index is 9.88. The Kier molecular flexibility index (Phi) is 3.38. The lowest BCUT2D eigenvalue weighted by molar-refractivity contribution is 0.149. The van der Waals surface area contributed by atoms with E-state index in [1.807, 2.05) is 17.7 Å². The molecular formula is C15H22N4O. The van der Waals surface area contributed by atoms with E-state index in [-0.39, 0.29) is 12.1 Å². The van der Waals surface area contributed by atoms with Crippen molar-refractivity contribution in [2.24, 2.45) is 13.0 Å². The van der Waals surface area contributed by atoms with Gasteiger partial charge in [-0.15, -0.1) is 0 Å². The molecule has 1 aliphatic carbocycles. The van der Waals surface area contributed by atoms with Crippen molar-refractivity contribution in [3.8, 4) is 0 Å². The molecule has 108 valence electrons. The Balaban J connectivity index is 1.95. The molecule has 2 heterocycles. The lowest BCUT2D eigenvalue weighted by Gasteiger charge is -2.39. The first-order valence-electron chi connectivity index (χ1n) is 7.29. The number of nitrogens with one attached hydrogen (secondary N) is 1. The van der Waals surface area contributed by atoms with Crippen LogP contribution in [0.4, 0.5) is 5.82 Å². The lowest BCUT2D eigenvalue weighted by atomic mass is 9.77. The summed E-state index contributed by atoms with van der Waals surface area (Å²) in [5.74, 6) is 1.41. The molecule has 2 aromatic heterocycles. The quantitative estimate of drug-likeness (QED) is 0.901. The Labute approximate surface area is 119 Å². The number of nitrogens with zero attached hydrogens (tertiary/aromatic N) is 3. The summed E-state index contributed by atoms with van der Waals surface area (Å²) in [4.78, 5) is 8.86. The minimum atomic E-state index is -0.254. The number of aliphatic hydroxyl groups is 1. The summed E-state index contributed by atoms with van der Waals surface area (Å²) in [7, 11) is 1.98. The van der Waals surface area contributed by atoms with E-state index in [2.05, 4.69) is 22.2 Å². The van der Waals surface area contributed by atoms with E-state index < -0.39 is 0 Å². The Bertz CT molecular complexity index is 609. The van der Waals surface area contributed by atoms with Crippen LogP contribution < -0.4 is 5.32 Å². The van der Waals surface area contributed by atoms with Crippen LogP contribution in [0.25, 0.3) is 11.0 Å². The molecule has 2 atom stereocenters. The third kappa shape index (κ3) is 2.26. The first-order valence-corrected chi connectivity index (χ1v) is 7.29. The molecule has 0 aromatic carbocycles. The fourth-order valence-corrected chi connectivity index (χ4v) is 3.36. The summed E-state index contributed by atoms with van der Waals surface area (Å²) in [5.41, 5.74) is 1.68. The highest BCUT2D eigenvalue weighted by atomic mass is 16.3. The number of hydrogen-bond donors (Lipinski definition) is 2. The first kappa shape index (κ1) is 13.4. The van der Waals surface area contributed by atoms with Gasteiger partial charge in [-0.2, -0.15) is 0 Å². The highest BCUT2D eigenvalue weighted by Crippen LogP contribution is 2.35. The number of aliphatic hydroxyl groups excluding tert-OH is 1. The number of hydrogen-bond acceptors (Lipinski definition) is 4. The Morgan fingerprint density at radius 2 is 2.35 bits per heavy atom. The van der Waals surface area contributed by atoms with Crippen molar-refractivity contribution in [2.75, 3.05) is 11.9 Å². The van der Waals surface area contributed by atoms with E-state index in [0.717, 1.165) is 36.1 Å². The topological polar surface area (TPSA) is 63.0 Å². The van der Waals surface area contributed by atoms with Gasteiger partial charge in [0.25, 0.3) is 0 Å². The molecule has 0 aliphatic heterocycles. The van der Waals surface area contributed by atoms with Crippen LogP contribution in [-0.2, 0) is 7.05 Å². The monoisotopic (exact) mass is 274 g/mol. The van der Waals surface area contributed by atoms with Gasteiger partial charge in [0.05, 0.1) is 24.0 Å². The SMILES string of the molecule is CC1CCCC(CO)(Nc2nccc3c2ncn3C)C1. The van der Waals surface area contributed by atoms with Gasteiger partial charge in [-0.3, -0.25) is 0 Å². The molecule has 1 saturated carbocycles. The third-order valence-electron chi connectivity index (χ3n) is 4.42. The number of imidazole rings is 1. The maximum absolute atomic E-state index is 9.88. The molecular weight excluding hydrogens is 252 g/mol. The Morgan fingerprint density at radius 1 is 1.50 bits per heavy atom. The van der Waals surface area contributed by atoms with Crippen LogP contribution in [0.15, 0.2) is 18.6 Å². The molecule has 5 heteroatoms. The molecule has 0 bridgehead atoms. The predicted molar refractivity (Wildman–Crippen MR) is 79.6 cm³/mol. The predicted octanol–water partition coefficient (Wildman–Crippen LogP) is 2.32. The van der Waals surface area contributed by atoms with Gasteiger partial charge in [-0.05, 0) is 24.8 Å². The Hall–Kier alpha value is -1.62. The van der Waals surface area contributed by atoms with Gasteiger partial charge < -0.3 is 15.0 Å². The molecule has 2 N–H and O–H groups in total. The fraction of sp³-hybridized carbons (Fsp3) is 0.600. The van der Waals surface area contributed by atoms with Gasteiger partial charge in [-0.25, -0.2) is 9.97 Å². The van der Waals surface area contributed by atoms with Crippen molar-refractivity contribution < 1.29 is 5.11 Å². The average molecular weight is 274 g/mol. The molecule has 2 unspecified atom stereocenters. The minimum Gasteiger partial charge on any atom is -0.394 e. The van der Waals surface area contributed by atoms with E-state index in [4.69, 9.17) is 0 Å². The molecule has 0 saturated heterocycles. The fourth-order valence-electron chi connectivity index (χ4n) is 3.36. The van der Waals surface area contributed by atoms with Crippen LogP contribution in [0.2, 0.25) is 0 Å². The summed E-state index contributed by atoms with van der Waals surface area (Å²) in [5, 5.41) is 13.4. The minimum absolute atomic E-state index is 0.141. The van der Waals surface area contributed by atoms with E-state index in [1.165, 1.54) is 6.42 Å². The summed E-state index contributed by atoms with van der Waals surface area (Å²) in [6.07, 6.45) is 7.95. The summed E-state index contributed by atoms with van der Waals surface area (Å²) >= 11 is 0. The molecule has 1 fully saturated rings. The second-order valence-corrected chi connectivity index (χ2v) is 6.15. The first-order chi connectivity index (χ1) is 9.63. The van der Waals surface area contributed by atoms with Crippen LogP contribution in [-0.4, -0.2) is 31.8 Å². The van der Waals surface area contributed by atoms with E-state index in [9.17, 15) is 5.11 Å². The zero-order chi connectivity index (χ0) is 14.2. The van der Waals surface area contributed by atoms with Gasteiger partial charge in [-0.1, -0.05) is 19.8 Å². The van der Waals surface area contributed by atoms with Crippen LogP contribution in [0.3, 0.4) is 0 Å². The molecule has 0 radical (unpaired) electrons. The van der Waals surface area contributed by atoms with Crippen LogP contribution >= 0.6 is 0 Å². The smallest absolute Gasteiger partial charge is 0.154 e. The molecule has 2 aromatic rings. The van der Waals surface area contributed by atoms with Gasteiger partial charge in [0.15, 0.2) is 5.82 Å². The molecule has 1 aliphatic rings. The van der Waals surface area contributed by atoms with Crippen molar-refractivity contribution >= 4 is 16.9 Å². The lowest BCUT2D eigenvalue weighted by Crippen LogP contribution is -2.46. The molecule has 5 nitrogen and oxygen atoms in total. The van der Waals surface area contributed by atoms with Crippen LogP contribution in [0, 0.1) is 5.92 Å². The van der Waals surface area contributed by atoms with Crippen LogP contribution in [0.1, 0.15) is 32.6 Å². The van der Waals surface area contributed by atoms with Crippen molar-refractivity contribution in [2.45, 2.75) is 38.1 Å². The van der Waals surface area contributed by atoms with E-state index in [1.54, 1.807) is 12.5 Å². The molecule has 20 heavy (non-hydrogen) atoms. The third-order valence-corrected chi connectivity index (χ3v) is 4.42. The largest absolute Gasteiger partial charge is 0.394 e. The second-order valence-electron chi connectivity index (χ2n) is 6.15. The number of pyridine rings is 1.